The molecule has 0 aliphatic rings. The van der Waals surface area contributed by atoms with Gasteiger partial charge in [-0.25, -0.2) is 0 Å². The molecule has 0 unspecified atom stereocenters. The Kier molecular flexibility index (Phi) is 5.50. The Morgan fingerprint density at radius 3 is 2.57 bits per heavy atom. The first kappa shape index (κ1) is 17.1. The van der Waals surface area contributed by atoms with Gasteiger partial charge in [0.05, 0.1) is 28.9 Å². The first-order valence-electron chi connectivity index (χ1n) is 7.33. The molecular weight excluding hydrogens is 312 g/mol. The predicted molar refractivity (Wildman–Crippen MR) is 90.5 cm³/mol. The van der Waals surface area contributed by atoms with Crippen molar-refractivity contribution in [1.29, 1.82) is 0 Å². The van der Waals surface area contributed by atoms with E-state index in [0.717, 1.165) is 10.6 Å². The van der Waals surface area contributed by atoms with Crippen molar-refractivity contribution >= 4 is 23.2 Å². The van der Waals surface area contributed by atoms with Crippen LogP contribution >= 0.6 is 11.3 Å². The van der Waals surface area contributed by atoms with Gasteiger partial charge in [0.1, 0.15) is 6.54 Å². The van der Waals surface area contributed by atoms with Crippen LogP contribution in [0.3, 0.4) is 0 Å². The van der Waals surface area contributed by atoms with Crippen LogP contribution in [0.15, 0.2) is 29.6 Å². The molecule has 5 nitrogen and oxygen atoms in total. The van der Waals surface area contributed by atoms with Gasteiger partial charge in [0.25, 0.3) is 5.91 Å². The van der Waals surface area contributed by atoms with E-state index in [9.17, 15) is 9.59 Å². The molecule has 0 spiro atoms. The van der Waals surface area contributed by atoms with Crippen LogP contribution in [0, 0.1) is 6.92 Å². The van der Waals surface area contributed by atoms with E-state index in [1.54, 1.807) is 24.3 Å². The molecule has 0 aliphatic heterocycles. The molecule has 2 heterocycles. The number of methoxy groups -OCH3 is 1. The molecule has 2 aromatic heterocycles. The molecule has 0 saturated carbocycles. The Balaban J connectivity index is 2.29. The Hall–Kier alpha value is -2.21. The highest BCUT2D eigenvalue weighted by Gasteiger charge is 2.23. The number of hydrogen-bond donors (Lipinski definition) is 0. The Bertz CT molecular complexity index is 696. The lowest BCUT2D eigenvalue weighted by molar-refractivity contribution is -0.141. The molecule has 0 bridgehead atoms. The number of rotatable bonds is 5. The zero-order valence-corrected chi connectivity index (χ0v) is 14.5. The van der Waals surface area contributed by atoms with Gasteiger partial charge in [-0.15, -0.1) is 11.3 Å². The number of aryl methyl sites for hydroxylation is 1. The number of ether oxygens (including phenoxy) is 1. The summed E-state index contributed by atoms with van der Waals surface area (Å²) in [4.78, 5) is 31.3. The predicted octanol–water partition coefficient (Wildman–Crippen LogP) is 3.14. The van der Waals surface area contributed by atoms with Crippen molar-refractivity contribution in [2.75, 3.05) is 13.7 Å². The molecule has 2 rings (SSSR count). The molecular formula is C17H20N2O3S. The van der Waals surface area contributed by atoms with Crippen molar-refractivity contribution in [2.24, 2.45) is 0 Å². The van der Waals surface area contributed by atoms with Gasteiger partial charge in [-0.2, -0.15) is 0 Å². The third-order valence-corrected chi connectivity index (χ3v) is 4.39. The number of carbonyl (C=O) groups excluding carboxylic acids is 2. The third-order valence-electron chi connectivity index (χ3n) is 3.50. The molecule has 0 aromatic carbocycles. The highest BCUT2D eigenvalue weighted by Crippen LogP contribution is 2.24. The summed E-state index contributed by atoms with van der Waals surface area (Å²) in [7, 11) is 1.31. The van der Waals surface area contributed by atoms with Crippen LogP contribution in [0.5, 0.6) is 0 Å². The van der Waals surface area contributed by atoms with Gasteiger partial charge in [0.15, 0.2) is 0 Å². The maximum absolute atomic E-state index is 12.7. The van der Waals surface area contributed by atoms with Crippen LogP contribution in [-0.4, -0.2) is 41.5 Å². The second-order valence-corrected chi connectivity index (χ2v) is 6.36. The van der Waals surface area contributed by atoms with E-state index in [2.05, 4.69) is 9.72 Å². The minimum absolute atomic E-state index is 0.0703. The van der Waals surface area contributed by atoms with Crippen molar-refractivity contribution < 1.29 is 14.3 Å². The van der Waals surface area contributed by atoms with Crippen LogP contribution in [0.25, 0.3) is 10.6 Å². The molecule has 0 aliphatic carbocycles. The highest BCUT2D eigenvalue weighted by molar-refractivity contribution is 7.13. The van der Waals surface area contributed by atoms with E-state index >= 15 is 0 Å². The lowest BCUT2D eigenvalue weighted by Gasteiger charge is -2.26. The number of aromatic nitrogens is 1. The number of pyridine rings is 1. The van der Waals surface area contributed by atoms with Crippen molar-refractivity contribution in [1.82, 2.24) is 9.88 Å². The van der Waals surface area contributed by atoms with Gasteiger partial charge in [-0.05, 0) is 44.4 Å². The molecule has 0 radical (unpaired) electrons. The number of thiophene rings is 1. The summed E-state index contributed by atoms with van der Waals surface area (Å²) in [6.45, 7) is 5.47. The summed E-state index contributed by atoms with van der Waals surface area (Å²) >= 11 is 1.60. The average Bonchev–Trinajstić information content (AvgIpc) is 3.05. The topological polar surface area (TPSA) is 59.5 Å². The van der Waals surface area contributed by atoms with Gasteiger partial charge >= 0.3 is 5.97 Å². The van der Waals surface area contributed by atoms with Crippen molar-refractivity contribution in [3.8, 4) is 10.6 Å². The first-order valence-corrected chi connectivity index (χ1v) is 8.21. The van der Waals surface area contributed by atoms with Crippen molar-refractivity contribution in [3.05, 3.63) is 40.9 Å². The minimum Gasteiger partial charge on any atom is -0.468 e. The number of nitrogens with zero attached hydrogens (tertiary/aromatic N) is 2. The highest BCUT2D eigenvalue weighted by atomic mass is 32.1. The summed E-state index contributed by atoms with van der Waals surface area (Å²) < 4.78 is 4.67. The zero-order chi connectivity index (χ0) is 17.0. The smallest absolute Gasteiger partial charge is 0.325 e. The fraction of sp³-hybridized carbons (Fsp3) is 0.353. The maximum Gasteiger partial charge on any atom is 0.325 e. The summed E-state index contributed by atoms with van der Waals surface area (Å²) in [6.07, 6.45) is 0. The lowest BCUT2D eigenvalue weighted by Crippen LogP contribution is -2.41. The fourth-order valence-electron chi connectivity index (χ4n) is 2.20. The molecule has 0 N–H and O–H groups in total. The first-order chi connectivity index (χ1) is 10.9. The molecule has 2 aromatic rings. The maximum atomic E-state index is 12.7. The van der Waals surface area contributed by atoms with Crippen LogP contribution in [0.2, 0.25) is 0 Å². The minimum atomic E-state index is -0.437. The number of amides is 1. The summed E-state index contributed by atoms with van der Waals surface area (Å²) in [5.41, 5.74) is 2.00. The second-order valence-electron chi connectivity index (χ2n) is 5.41. The van der Waals surface area contributed by atoms with E-state index in [4.69, 9.17) is 0 Å². The average molecular weight is 332 g/mol. The number of esters is 1. The van der Waals surface area contributed by atoms with Crippen LogP contribution in [0.4, 0.5) is 0 Å². The molecule has 23 heavy (non-hydrogen) atoms. The van der Waals surface area contributed by atoms with Gasteiger partial charge in [0, 0.05) is 6.04 Å². The standard InChI is InChI=1S/C17H20N2O3S/c1-11(2)19(10-16(20)22-4)17(21)13-7-8-14(18-12(13)3)15-6-5-9-23-15/h5-9,11H,10H2,1-4H3. The van der Waals surface area contributed by atoms with Crippen LogP contribution in [0.1, 0.15) is 29.9 Å². The van der Waals surface area contributed by atoms with E-state index in [1.807, 2.05) is 37.4 Å². The molecule has 6 heteroatoms. The van der Waals surface area contributed by atoms with Gasteiger partial charge in [0.2, 0.25) is 0 Å². The largest absolute Gasteiger partial charge is 0.468 e. The van der Waals surface area contributed by atoms with E-state index in [-0.39, 0.29) is 18.5 Å². The van der Waals surface area contributed by atoms with Crippen molar-refractivity contribution in [3.63, 3.8) is 0 Å². The normalized spacial score (nSPS) is 10.7. The molecule has 0 fully saturated rings. The quantitative estimate of drug-likeness (QED) is 0.789. The number of hydrogen-bond acceptors (Lipinski definition) is 5. The summed E-state index contributed by atoms with van der Waals surface area (Å²) in [6, 6.07) is 7.45. The van der Waals surface area contributed by atoms with Crippen LogP contribution in [-0.2, 0) is 9.53 Å². The molecule has 0 saturated heterocycles. The van der Waals surface area contributed by atoms with Crippen LogP contribution < -0.4 is 0 Å². The fourth-order valence-corrected chi connectivity index (χ4v) is 2.89. The summed E-state index contributed by atoms with van der Waals surface area (Å²) in [5, 5.41) is 1.99. The Labute approximate surface area is 139 Å². The number of carbonyl (C=O) groups is 2. The third kappa shape index (κ3) is 3.96. The van der Waals surface area contributed by atoms with Gasteiger partial charge in [-0.1, -0.05) is 6.07 Å². The van der Waals surface area contributed by atoms with Gasteiger partial charge < -0.3 is 9.64 Å². The SMILES string of the molecule is COC(=O)CN(C(=O)c1ccc(-c2cccs2)nc1C)C(C)C. The zero-order valence-electron chi connectivity index (χ0n) is 13.7. The van der Waals surface area contributed by atoms with Gasteiger partial charge in [-0.3, -0.25) is 14.6 Å². The second kappa shape index (κ2) is 7.37. The van der Waals surface area contributed by atoms with E-state index in [0.29, 0.717) is 11.3 Å². The van der Waals surface area contributed by atoms with E-state index < -0.39 is 5.97 Å². The Morgan fingerprint density at radius 1 is 1.30 bits per heavy atom. The Morgan fingerprint density at radius 2 is 2.04 bits per heavy atom. The van der Waals surface area contributed by atoms with E-state index in [1.165, 1.54) is 12.0 Å². The molecule has 1 amide bonds. The molecule has 122 valence electrons. The summed E-state index contributed by atoms with van der Waals surface area (Å²) in [5.74, 6) is -0.652. The monoisotopic (exact) mass is 332 g/mol. The van der Waals surface area contributed by atoms with Crippen molar-refractivity contribution in [2.45, 2.75) is 26.8 Å². The molecule has 0 atom stereocenters. The lowest BCUT2D eigenvalue weighted by atomic mass is 10.1.